The molecule has 1 aliphatic rings. The van der Waals surface area contributed by atoms with Crippen molar-refractivity contribution in [1.29, 1.82) is 0 Å². The lowest BCUT2D eigenvalue weighted by molar-refractivity contribution is -0.124. The number of nitrogens with one attached hydrogen (secondary N) is 1. The van der Waals surface area contributed by atoms with Crippen LogP contribution in [0.4, 0.5) is 5.69 Å². The maximum Gasteiger partial charge on any atom is 0.272 e. The first kappa shape index (κ1) is 20.5. The van der Waals surface area contributed by atoms with Crippen molar-refractivity contribution in [2.75, 3.05) is 31.1 Å². The van der Waals surface area contributed by atoms with E-state index in [1.165, 1.54) is 6.08 Å². The third-order valence-corrected chi connectivity index (χ3v) is 5.04. The third-order valence-electron chi connectivity index (χ3n) is 5.04. The minimum absolute atomic E-state index is 0.0484. The maximum absolute atomic E-state index is 12.8. The van der Waals surface area contributed by atoms with E-state index in [4.69, 9.17) is 5.21 Å². The number of aromatic nitrogens is 1. The normalized spacial score (nSPS) is 14.5. The molecular formula is C22H26N4O3. The number of hydrogen-bond acceptors (Lipinski definition) is 5. The van der Waals surface area contributed by atoms with Crippen LogP contribution >= 0.6 is 0 Å². The van der Waals surface area contributed by atoms with Crippen molar-refractivity contribution >= 4 is 23.6 Å². The molecule has 0 bridgehead atoms. The van der Waals surface area contributed by atoms with Gasteiger partial charge in [-0.05, 0) is 35.3 Å². The van der Waals surface area contributed by atoms with Gasteiger partial charge in [-0.2, -0.15) is 0 Å². The highest BCUT2D eigenvalue weighted by Gasteiger charge is 2.24. The van der Waals surface area contributed by atoms with Crippen molar-refractivity contribution in [2.45, 2.75) is 19.8 Å². The second-order valence-electron chi connectivity index (χ2n) is 7.28. The molecule has 1 aromatic heterocycles. The lowest BCUT2D eigenvalue weighted by Gasteiger charge is -2.36. The Morgan fingerprint density at radius 2 is 1.83 bits per heavy atom. The van der Waals surface area contributed by atoms with Crippen LogP contribution in [0.2, 0.25) is 0 Å². The predicted molar refractivity (Wildman–Crippen MR) is 112 cm³/mol. The molecule has 2 heterocycles. The Hall–Kier alpha value is -3.19. The average Bonchev–Trinajstić information content (AvgIpc) is 2.77. The summed E-state index contributed by atoms with van der Waals surface area (Å²) >= 11 is 0. The number of carbonyl (C=O) groups excluding carboxylic acids is 2. The molecule has 1 aliphatic heterocycles. The van der Waals surface area contributed by atoms with Gasteiger partial charge in [0.1, 0.15) is 5.69 Å². The molecule has 1 aromatic carbocycles. The molecule has 2 N–H and O–H groups in total. The fraction of sp³-hybridized carbons (Fsp3) is 0.318. The molecular weight excluding hydrogens is 368 g/mol. The number of pyridine rings is 1. The maximum atomic E-state index is 12.8. The van der Waals surface area contributed by atoms with E-state index in [9.17, 15) is 9.59 Å². The largest absolute Gasteiger partial charge is 0.367 e. The van der Waals surface area contributed by atoms with Crippen LogP contribution in [0.1, 0.15) is 41.4 Å². The Morgan fingerprint density at radius 3 is 2.45 bits per heavy atom. The smallest absolute Gasteiger partial charge is 0.272 e. The summed E-state index contributed by atoms with van der Waals surface area (Å²) in [7, 11) is 0. The number of para-hydroxylation sites is 1. The first-order chi connectivity index (χ1) is 14.0. The van der Waals surface area contributed by atoms with Crippen molar-refractivity contribution in [3.63, 3.8) is 0 Å². The van der Waals surface area contributed by atoms with Crippen LogP contribution in [0, 0.1) is 0 Å². The number of nitrogens with zero attached hydrogens (tertiary/aromatic N) is 3. The van der Waals surface area contributed by atoms with Crippen LogP contribution in [0.25, 0.3) is 6.08 Å². The average molecular weight is 394 g/mol. The number of amides is 2. The minimum atomic E-state index is -0.578. The SMILES string of the molecule is CC(C)c1ccc(C(=O)N2CCN(c3ccccc3/C=C/C(=O)NO)CC2)nc1. The topological polar surface area (TPSA) is 85.8 Å². The van der Waals surface area contributed by atoms with E-state index >= 15 is 0 Å². The van der Waals surface area contributed by atoms with Crippen LogP contribution < -0.4 is 10.4 Å². The molecule has 3 rings (SSSR count). The number of benzene rings is 1. The van der Waals surface area contributed by atoms with Gasteiger partial charge < -0.3 is 9.80 Å². The second kappa shape index (κ2) is 9.34. The molecule has 7 heteroatoms. The van der Waals surface area contributed by atoms with E-state index in [0.29, 0.717) is 37.8 Å². The second-order valence-corrected chi connectivity index (χ2v) is 7.28. The van der Waals surface area contributed by atoms with Crippen molar-refractivity contribution in [3.05, 3.63) is 65.5 Å². The summed E-state index contributed by atoms with van der Waals surface area (Å²) in [5.41, 5.74) is 5.04. The van der Waals surface area contributed by atoms with Gasteiger partial charge in [0.05, 0.1) is 0 Å². The molecule has 152 valence electrons. The van der Waals surface area contributed by atoms with Gasteiger partial charge in [-0.15, -0.1) is 0 Å². The molecule has 7 nitrogen and oxygen atoms in total. The predicted octanol–water partition coefficient (Wildman–Crippen LogP) is 2.69. The molecule has 1 saturated heterocycles. The lowest BCUT2D eigenvalue weighted by Crippen LogP contribution is -2.49. The fourth-order valence-electron chi connectivity index (χ4n) is 3.30. The number of hydrogen-bond donors (Lipinski definition) is 2. The molecule has 2 aromatic rings. The molecule has 0 radical (unpaired) electrons. The molecule has 0 aliphatic carbocycles. The first-order valence-corrected chi connectivity index (χ1v) is 9.71. The minimum Gasteiger partial charge on any atom is -0.367 e. The van der Waals surface area contributed by atoms with Gasteiger partial charge in [0, 0.05) is 44.1 Å². The summed E-state index contributed by atoms with van der Waals surface area (Å²) in [4.78, 5) is 32.4. The van der Waals surface area contributed by atoms with E-state index in [-0.39, 0.29) is 5.91 Å². The van der Waals surface area contributed by atoms with Gasteiger partial charge in [-0.1, -0.05) is 38.1 Å². The number of anilines is 1. The monoisotopic (exact) mass is 394 g/mol. The zero-order valence-corrected chi connectivity index (χ0v) is 16.7. The first-order valence-electron chi connectivity index (χ1n) is 9.71. The van der Waals surface area contributed by atoms with Crippen molar-refractivity contribution in [3.8, 4) is 0 Å². The van der Waals surface area contributed by atoms with Crippen LogP contribution in [-0.2, 0) is 4.79 Å². The highest BCUT2D eigenvalue weighted by molar-refractivity contribution is 5.93. The van der Waals surface area contributed by atoms with Gasteiger partial charge in [0.25, 0.3) is 11.8 Å². The number of hydroxylamine groups is 1. The molecule has 2 amide bonds. The number of piperazine rings is 1. The van der Waals surface area contributed by atoms with Crippen molar-refractivity contribution < 1.29 is 14.8 Å². The van der Waals surface area contributed by atoms with Gasteiger partial charge in [-0.3, -0.25) is 19.8 Å². The summed E-state index contributed by atoms with van der Waals surface area (Å²) in [6.45, 7) is 6.77. The van der Waals surface area contributed by atoms with Gasteiger partial charge in [0.2, 0.25) is 0 Å². The quantitative estimate of drug-likeness (QED) is 0.463. The number of carbonyl (C=O) groups is 2. The van der Waals surface area contributed by atoms with E-state index in [1.807, 2.05) is 35.2 Å². The fourth-order valence-corrected chi connectivity index (χ4v) is 3.30. The summed E-state index contributed by atoms with van der Waals surface area (Å²) in [6.07, 6.45) is 4.73. The van der Waals surface area contributed by atoms with Crippen molar-refractivity contribution in [1.82, 2.24) is 15.4 Å². The highest BCUT2D eigenvalue weighted by atomic mass is 16.5. The van der Waals surface area contributed by atoms with Gasteiger partial charge >= 0.3 is 0 Å². The summed E-state index contributed by atoms with van der Waals surface area (Å²) in [6, 6.07) is 11.5. The molecule has 1 fully saturated rings. The standard InChI is InChI=1S/C22H26N4O3/c1-16(2)18-7-9-19(23-15-18)22(28)26-13-11-25(12-14-26)20-6-4-3-5-17(20)8-10-21(27)24-29/h3-10,15-16,29H,11-14H2,1-2H3,(H,24,27)/b10-8+. The zero-order chi connectivity index (χ0) is 20.8. The van der Waals surface area contributed by atoms with E-state index in [1.54, 1.807) is 23.8 Å². The van der Waals surface area contributed by atoms with E-state index < -0.39 is 5.91 Å². The van der Waals surface area contributed by atoms with Crippen LogP contribution in [0.3, 0.4) is 0 Å². The lowest BCUT2D eigenvalue weighted by atomic mass is 10.1. The zero-order valence-electron chi connectivity index (χ0n) is 16.7. The highest BCUT2D eigenvalue weighted by Crippen LogP contribution is 2.23. The molecule has 0 atom stereocenters. The van der Waals surface area contributed by atoms with Gasteiger partial charge in [-0.25, -0.2) is 5.48 Å². The Labute approximate surface area is 170 Å². The van der Waals surface area contributed by atoms with Crippen LogP contribution in [0.5, 0.6) is 0 Å². The molecule has 0 unspecified atom stereocenters. The third kappa shape index (κ3) is 5.00. The summed E-state index contributed by atoms with van der Waals surface area (Å²) < 4.78 is 0. The summed E-state index contributed by atoms with van der Waals surface area (Å²) in [5, 5.41) is 8.64. The Morgan fingerprint density at radius 1 is 1.10 bits per heavy atom. The van der Waals surface area contributed by atoms with Crippen LogP contribution in [0.15, 0.2) is 48.7 Å². The van der Waals surface area contributed by atoms with E-state index in [2.05, 4.69) is 23.7 Å². The van der Waals surface area contributed by atoms with Crippen molar-refractivity contribution in [2.24, 2.45) is 0 Å². The molecule has 0 saturated carbocycles. The van der Waals surface area contributed by atoms with Crippen LogP contribution in [-0.4, -0.2) is 53.1 Å². The Kier molecular flexibility index (Phi) is 6.61. The number of rotatable bonds is 5. The molecule has 0 spiro atoms. The molecule has 29 heavy (non-hydrogen) atoms. The van der Waals surface area contributed by atoms with Gasteiger partial charge in [0.15, 0.2) is 0 Å². The Balaban J connectivity index is 1.65. The summed E-state index contributed by atoms with van der Waals surface area (Å²) in [5.74, 6) is -0.244. The van der Waals surface area contributed by atoms with E-state index in [0.717, 1.165) is 16.8 Å². The Bertz CT molecular complexity index is 885.